The fourth-order valence-electron chi connectivity index (χ4n) is 1.52. The molecule has 17 heavy (non-hydrogen) atoms. The molecule has 0 bridgehead atoms. The average molecular weight is 252 g/mol. The van der Waals surface area contributed by atoms with Gasteiger partial charge in [0.15, 0.2) is 0 Å². The second-order valence-corrected chi connectivity index (χ2v) is 4.18. The zero-order valence-electron chi connectivity index (χ0n) is 9.52. The molecular formula is C11H14ClN5. The Morgan fingerprint density at radius 3 is 2.94 bits per heavy atom. The zero-order valence-corrected chi connectivity index (χ0v) is 10.3. The van der Waals surface area contributed by atoms with Gasteiger partial charge in [0.25, 0.3) is 0 Å². The summed E-state index contributed by atoms with van der Waals surface area (Å²) in [7, 11) is 1.92. The topological polar surface area (TPSA) is 68.8 Å². The summed E-state index contributed by atoms with van der Waals surface area (Å²) in [6.45, 7) is 0.746. The van der Waals surface area contributed by atoms with Gasteiger partial charge in [0.1, 0.15) is 12.2 Å². The largest absolute Gasteiger partial charge is 0.399 e. The van der Waals surface area contributed by atoms with E-state index in [1.165, 1.54) is 0 Å². The number of hydrogen-bond acceptors (Lipinski definition) is 4. The number of nitrogens with one attached hydrogen (secondary N) is 1. The minimum Gasteiger partial charge on any atom is -0.399 e. The fraction of sp³-hybridized carbons (Fsp3) is 0.273. The molecule has 1 aromatic carbocycles. The summed E-state index contributed by atoms with van der Waals surface area (Å²) < 4.78 is 1.90. The normalized spacial score (nSPS) is 10.5. The molecule has 0 amide bonds. The fourth-order valence-corrected chi connectivity index (χ4v) is 1.77. The quantitative estimate of drug-likeness (QED) is 0.812. The van der Waals surface area contributed by atoms with Crippen molar-refractivity contribution in [3.8, 4) is 0 Å². The lowest BCUT2D eigenvalue weighted by Crippen LogP contribution is -2.09. The third-order valence-corrected chi connectivity index (χ3v) is 2.78. The van der Waals surface area contributed by atoms with Crippen molar-refractivity contribution in [1.82, 2.24) is 14.8 Å². The lowest BCUT2D eigenvalue weighted by molar-refractivity contribution is 0.788. The highest BCUT2D eigenvalue weighted by Gasteiger charge is 2.02. The summed E-state index contributed by atoms with van der Waals surface area (Å²) in [5.41, 5.74) is 7.16. The van der Waals surface area contributed by atoms with E-state index in [1.807, 2.05) is 23.7 Å². The molecule has 1 aromatic heterocycles. The molecule has 6 heteroatoms. The maximum atomic E-state index is 6.05. The van der Waals surface area contributed by atoms with Crippen molar-refractivity contribution in [2.45, 2.75) is 6.42 Å². The smallest absolute Gasteiger partial charge is 0.134 e. The van der Waals surface area contributed by atoms with E-state index in [2.05, 4.69) is 15.5 Å². The van der Waals surface area contributed by atoms with Crippen molar-refractivity contribution in [2.75, 3.05) is 17.6 Å². The zero-order chi connectivity index (χ0) is 12.3. The molecule has 3 N–H and O–H groups in total. The Balaban J connectivity index is 1.92. The molecule has 0 unspecified atom stereocenters. The predicted octanol–water partition coefficient (Wildman–Crippen LogP) is 1.71. The van der Waals surface area contributed by atoms with Crippen LogP contribution in [0.3, 0.4) is 0 Å². The highest BCUT2D eigenvalue weighted by atomic mass is 35.5. The number of aromatic nitrogens is 3. The summed E-state index contributed by atoms with van der Waals surface area (Å²) >= 11 is 6.05. The molecule has 0 aliphatic carbocycles. The van der Waals surface area contributed by atoms with Crippen LogP contribution >= 0.6 is 11.6 Å². The third-order valence-electron chi connectivity index (χ3n) is 2.46. The Labute approximate surface area is 105 Å². The van der Waals surface area contributed by atoms with E-state index >= 15 is 0 Å². The molecule has 5 nitrogen and oxygen atoms in total. The lowest BCUT2D eigenvalue weighted by Gasteiger charge is -2.08. The molecule has 90 valence electrons. The standard InChI is InChI=1S/C11H14ClN5/c1-17-7-15-16-11(17)4-5-14-10-3-2-8(13)6-9(10)12/h2-3,6-7,14H,4-5,13H2,1H3. The maximum absolute atomic E-state index is 6.05. The molecule has 0 aliphatic heterocycles. The number of rotatable bonds is 4. The molecule has 0 saturated heterocycles. The Morgan fingerprint density at radius 1 is 1.47 bits per heavy atom. The van der Waals surface area contributed by atoms with Crippen LogP contribution in [0.2, 0.25) is 5.02 Å². The van der Waals surface area contributed by atoms with Gasteiger partial charge in [-0.1, -0.05) is 11.6 Å². The Hall–Kier alpha value is -1.75. The van der Waals surface area contributed by atoms with E-state index in [9.17, 15) is 0 Å². The number of nitrogen functional groups attached to an aromatic ring is 1. The summed E-state index contributed by atoms with van der Waals surface area (Å²) in [4.78, 5) is 0. The molecule has 0 atom stereocenters. The molecule has 0 radical (unpaired) electrons. The van der Waals surface area contributed by atoms with Crippen LogP contribution in [0.5, 0.6) is 0 Å². The number of halogens is 1. The highest BCUT2D eigenvalue weighted by molar-refractivity contribution is 6.33. The van der Waals surface area contributed by atoms with Crippen molar-refractivity contribution in [3.63, 3.8) is 0 Å². The molecule has 0 aliphatic rings. The van der Waals surface area contributed by atoms with Gasteiger partial charge in [-0.15, -0.1) is 10.2 Å². The van der Waals surface area contributed by atoms with Crippen molar-refractivity contribution in [1.29, 1.82) is 0 Å². The monoisotopic (exact) mass is 251 g/mol. The van der Waals surface area contributed by atoms with E-state index in [-0.39, 0.29) is 0 Å². The van der Waals surface area contributed by atoms with E-state index in [0.29, 0.717) is 10.7 Å². The minimum absolute atomic E-state index is 0.628. The SMILES string of the molecule is Cn1cnnc1CCNc1ccc(N)cc1Cl. The Kier molecular flexibility index (Phi) is 3.49. The van der Waals surface area contributed by atoms with Crippen molar-refractivity contribution >= 4 is 23.0 Å². The number of benzene rings is 1. The van der Waals surface area contributed by atoms with Crippen LogP contribution < -0.4 is 11.1 Å². The van der Waals surface area contributed by atoms with Gasteiger partial charge >= 0.3 is 0 Å². The summed E-state index contributed by atoms with van der Waals surface area (Å²) in [5, 5.41) is 11.7. The molecule has 0 saturated carbocycles. The number of hydrogen-bond donors (Lipinski definition) is 2. The molecule has 0 fully saturated rings. The van der Waals surface area contributed by atoms with Crippen LogP contribution in [0.4, 0.5) is 11.4 Å². The third kappa shape index (κ3) is 2.88. The first kappa shape index (κ1) is 11.7. The summed E-state index contributed by atoms with van der Waals surface area (Å²) in [5.74, 6) is 0.934. The van der Waals surface area contributed by atoms with Gasteiger partial charge in [0.2, 0.25) is 0 Å². The van der Waals surface area contributed by atoms with E-state index in [0.717, 1.165) is 24.5 Å². The number of aryl methyl sites for hydroxylation is 1. The van der Waals surface area contributed by atoms with Crippen molar-refractivity contribution < 1.29 is 0 Å². The second-order valence-electron chi connectivity index (χ2n) is 3.77. The summed E-state index contributed by atoms with van der Waals surface area (Å²) in [6.07, 6.45) is 2.47. The van der Waals surface area contributed by atoms with Crippen LogP contribution in [-0.2, 0) is 13.5 Å². The highest BCUT2D eigenvalue weighted by Crippen LogP contribution is 2.23. The van der Waals surface area contributed by atoms with Crippen molar-refractivity contribution in [2.24, 2.45) is 7.05 Å². The van der Waals surface area contributed by atoms with E-state index in [4.69, 9.17) is 17.3 Å². The predicted molar refractivity (Wildman–Crippen MR) is 69.1 cm³/mol. The summed E-state index contributed by atoms with van der Waals surface area (Å²) in [6, 6.07) is 5.41. The Morgan fingerprint density at radius 2 is 2.29 bits per heavy atom. The first-order valence-corrected chi connectivity index (χ1v) is 5.66. The molecule has 2 aromatic rings. The van der Waals surface area contributed by atoms with Crippen LogP contribution in [0.25, 0.3) is 0 Å². The number of nitrogens with two attached hydrogens (primary N) is 1. The van der Waals surface area contributed by atoms with Gasteiger partial charge in [0, 0.05) is 25.7 Å². The van der Waals surface area contributed by atoms with E-state index in [1.54, 1.807) is 12.4 Å². The average Bonchev–Trinajstić information content (AvgIpc) is 2.68. The van der Waals surface area contributed by atoms with Crippen LogP contribution in [0, 0.1) is 0 Å². The van der Waals surface area contributed by atoms with Gasteiger partial charge in [-0.2, -0.15) is 0 Å². The van der Waals surface area contributed by atoms with Gasteiger partial charge in [-0.05, 0) is 18.2 Å². The molecule has 2 rings (SSSR count). The molecule has 1 heterocycles. The van der Waals surface area contributed by atoms with E-state index < -0.39 is 0 Å². The van der Waals surface area contributed by atoms with Crippen LogP contribution in [0.15, 0.2) is 24.5 Å². The molecular weight excluding hydrogens is 238 g/mol. The second kappa shape index (κ2) is 5.05. The minimum atomic E-state index is 0.628. The number of anilines is 2. The van der Waals surface area contributed by atoms with Crippen molar-refractivity contribution in [3.05, 3.63) is 35.4 Å². The van der Waals surface area contributed by atoms with Gasteiger partial charge in [0.05, 0.1) is 10.7 Å². The first-order valence-electron chi connectivity index (χ1n) is 5.28. The first-order chi connectivity index (χ1) is 8.16. The maximum Gasteiger partial charge on any atom is 0.134 e. The van der Waals surface area contributed by atoms with Gasteiger partial charge < -0.3 is 15.6 Å². The molecule has 0 spiro atoms. The van der Waals surface area contributed by atoms with Crippen LogP contribution in [0.1, 0.15) is 5.82 Å². The van der Waals surface area contributed by atoms with Crippen LogP contribution in [-0.4, -0.2) is 21.3 Å². The Bertz CT molecular complexity index is 508. The van der Waals surface area contributed by atoms with Gasteiger partial charge in [-0.25, -0.2) is 0 Å². The lowest BCUT2D eigenvalue weighted by atomic mass is 10.2. The van der Waals surface area contributed by atoms with Gasteiger partial charge in [-0.3, -0.25) is 0 Å². The number of nitrogens with zero attached hydrogens (tertiary/aromatic N) is 3.